The number of hydrogen-bond acceptors (Lipinski definition) is 2. The summed E-state index contributed by atoms with van der Waals surface area (Å²) in [6.07, 6.45) is 0. The van der Waals surface area contributed by atoms with Gasteiger partial charge >= 0.3 is 0 Å². The topological polar surface area (TPSA) is 30.7 Å². The van der Waals surface area contributed by atoms with Gasteiger partial charge in [0.05, 0.1) is 39.7 Å². The fraction of sp³-hybridized carbons (Fsp3) is 0.455. The number of quaternary nitrogens is 1. The van der Waals surface area contributed by atoms with E-state index in [0.717, 1.165) is 28.6 Å². The lowest BCUT2D eigenvalue weighted by Crippen LogP contribution is -2.37. The van der Waals surface area contributed by atoms with Gasteiger partial charge in [-0.05, 0) is 12.1 Å². The number of rotatable bonds is 3. The van der Waals surface area contributed by atoms with Crippen LogP contribution in [-0.4, -0.2) is 47.2 Å². The second kappa shape index (κ2) is 3.62. The average molecular weight is 205 g/mol. The molecule has 0 fully saturated rings. The molecule has 0 saturated heterocycles. The highest BCUT2D eigenvalue weighted by atomic mass is 15.4. The van der Waals surface area contributed by atoms with Crippen molar-refractivity contribution in [3.8, 4) is 0 Å². The molecule has 1 aromatic carbocycles. The number of aromatic nitrogens is 3. The van der Waals surface area contributed by atoms with Crippen LogP contribution in [0.3, 0.4) is 0 Å². The normalized spacial score (nSPS) is 12.2. The fourth-order valence-corrected chi connectivity index (χ4v) is 1.48. The van der Waals surface area contributed by atoms with Gasteiger partial charge in [0.2, 0.25) is 0 Å². The number of hydrogen-bond donors (Lipinski definition) is 0. The number of para-hydroxylation sites is 1. The number of nitrogens with zero attached hydrogens (tertiary/aromatic N) is 4. The maximum absolute atomic E-state index is 4.16. The van der Waals surface area contributed by atoms with Crippen molar-refractivity contribution in [2.45, 2.75) is 6.54 Å². The molecule has 2 aromatic rings. The van der Waals surface area contributed by atoms with Gasteiger partial charge in [-0.15, -0.1) is 5.10 Å². The lowest BCUT2D eigenvalue weighted by molar-refractivity contribution is -0.871. The first kappa shape index (κ1) is 10.1. The molecule has 1 heterocycles. The highest BCUT2D eigenvalue weighted by Crippen LogP contribution is 2.09. The van der Waals surface area contributed by atoms with Crippen LogP contribution in [0, 0.1) is 0 Å². The molecule has 0 amide bonds. The van der Waals surface area contributed by atoms with Gasteiger partial charge in [-0.25, -0.2) is 4.68 Å². The van der Waals surface area contributed by atoms with Crippen LogP contribution in [-0.2, 0) is 6.54 Å². The Hall–Kier alpha value is -1.42. The maximum atomic E-state index is 4.16. The summed E-state index contributed by atoms with van der Waals surface area (Å²) in [7, 11) is 6.54. The molecule has 4 heteroatoms. The van der Waals surface area contributed by atoms with Crippen LogP contribution in [0.2, 0.25) is 0 Å². The van der Waals surface area contributed by atoms with Crippen molar-refractivity contribution >= 4 is 11.0 Å². The highest BCUT2D eigenvalue weighted by molar-refractivity contribution is 5.73. The first-order valence-electron chi connectivity index (χ1n) is 5.15. The highest BCUT2D eigenvalue weighted by Gasteiger charge is 2.09. The predicted molar refractivity (Wildman–Crippen MR) is 60.4 cm³/mol. The van der Waals surface area contributed by atoms with Crippen LogP contribution in [0.15, 0.2) is 24.3 Å². The van der Waals surface area contributed by atoms with E-state index < -0.39 is 0 Å². The smallest absolute Gasteiger partial charge is 0.113 e. The van der Waals surface area contributed by atoms with Crippen LogP contribution in [0.5, 0.6) is 0 Å². The molecule has 2 rings (SSSR count). The van der Waals surface area contributed by atoms with Crippen LogP contribution < -0.4 is 0 Å². The summed E-state index contributed by atoms with van der Waals surface area (Å²) in [6, 6.07) is 8.06. The first-order valence-corrected chi connectivity index (χ1v) is 5.15. The minimum Gasteiger partial charge on any atom is -0.329 e. The van der Waals surface area contributed by atoms with E-state index in [1.54, 1.807) is 0 Å². The second-order valence-electron chi connectivity index (χ2n) is 4.82. The molecule has 0 N–H and O–H groups in total. The fourth-order valence-electron chi connectivity index (χ4n) is 1.48. The first-order chi connectivity index (χ1) is 7.06. The lowest BCUT2D eigenvalue weighted by Gasteiger charge is -2.23. The van der Waals surface area contributed by atoms with E-state index in [4.69, 9.17) is 0 Å². The minimum atomic E-state index is 0.907. The van der Waals surface area contributed by atoms with E-state index in [0.29, 0.717) is 0 Å². The molecule has 0 atom stereocenters. The van der Waals surface area contributed by atoms with Gasteiger partial charge < -0.3 is 4.48 Å². The predicted octanol–water partition coefficient (Wildman–Crippen LogP) is 1.14. The molecule has 15 heavy (non-hydrogen) atoms. The molecular formula is C11H17N4+. The Morgan fingerprint density at radius 3 is 2.67 bits per heavy atom. The summed E-state index contributed by atoms with van der Waals surface area (Å²) in [5.41, 5.74) is 2.09. The van der Waals surface area contributed by atoms with E-state index >= 15 is 0 Å². The molecule has 0 unspecified atom stereocenters. The van der Waals surface area contributed by atoms with E-state index in [9.17, 15) is 0 Å². The molecule has 4 nitrogen and oxygen atoms in total. The van der Waals surface area contributed by atoms with Crippen molar-refractivity contribution in [3.63, 3.8) is 0 Å². The average Bonchev–Trinajstić information content (AvgIpc) is 2.57. The lowest BCUT2D eigenvalue weighted by atomic mass is 10.3. The molecule has 0 aliphatic carbocycles. The van der Waals surface area contributed by atoms with Crippen molar-refractivity contribution in [3.05, 3.63) is 24.3 Å². The van der Waals surface area contributed by atoms with Crippen LogP contribution in [0.1, 0.15) is 0 Å². The molecule has 0 aliphatic rings. The quantitative estimate of drug-likeness (QED) is 0.703. The standard InChI is InChI=1S/C11H17N4/c1-15(2,3)9-8-14-11-7-5-4-6-10(11)12-13-14/h4-7H,8-9H2,1-3H3/q+1. The SMILES string of the molecule is C[N+](C)(C)CCn1nnc2ccccc21. The van der Waals surface area contributed by atoms with Gasteiger partial charge in [-0.1, -0.05) is 17.3 Å². The van der Waals surface area contributed by atoms with Gasteiger partial charge in [-0.2, -0.15) is 0 Å². The third-order valence-corrected chi connectivity index (χ3v) is 2.40. The third kappa shape index (κ3) is 2.33. The molecular weight excluding hydrogens is 188 g/mol. The van der Waals surface area contributed by atoms with Crippen molar-refractivity contribution in [2.75, 3.05) is 27.7 Å². The van der Waals surface area contributed by atoms with Gasteiger partial charge in [0, 0.05) is 0 Å². The van der Waals surface area contributed by atoms with Crippen molar-refractivity contribution in [1.29, 1.82) is 0 Å². The summed E-state index contributed by atoms with van der Waals surface area (Å²) >= 11 is 0. The zero-order valence-corrected chi connectivity index (χ0v) is 9.51. The van der Waals surface area contributed by atoms with E-state index in [2.05, 4.69) is 37.5 Å². The van der Waals surface area contributed by atoms with Gasteiger partial charge in [-0.3, -0.25) is 0 Å². The minimum absolute atomic E-state index is 0.907. The van der Waals surface area contributed by atoms with Crippen LogP contribution >= 0.6 is 0 Å². The number of fused-ring (bicyclic) bond motifs is 1. The van der Waals surface area contributed by atoms with Gasteiger partial charge in [0.25, 0.3) is 0 Å². The van der Waals surface area contributed by atoms with Crippen molar-refractivity contribution in [2.24, 2.45) is 0 Å². The summed E-state index contributed by atoms with van der Waals surface area (Å²) in [4.78, 5) is 0. The summed E-state index contributed by atoms with van der Waals surface area (Å²) in [6.45, 7) is 1.96. The number of likely N-dealkylation sites (N-methyl/N-ethyl adjacent to an activating group) is 1. The molecule has 1 aromatic heterocycles. The number of benzene rings is 1. The molecule has 0 aliphatic heterocycles. The van der Waals surface area contributed by atoms with Crippen molar-refractivity contribution in [1.82, 2.24) is 15.0 Å². The van der Waals surface area contributed by atoms with E-state index in [1.165, 1.54) is 0 Å². The summed E-state index contributed by atoms with van der Waals surface area (Å²) < 4.78 is 2.91. The Bertz CT molecular complexity index is 453. The molecule has 80 valence electrons. The Labute approximate surface area is 89.7 Å². The van der Waals surface area contributed by atoms with E-state index in [-0.39, 0.29) is 0 Å². The van der Waals surface area contributed by atoms with E-state index in [1.807, 2.05) is 22.9 Å². The summed E-state index contributed by atoms with van der Waals surface area (Å²) in [5.74, 6) is 0. The molecule has 0 spiro atoms. The van der Waals surface area contributed by atoms with Gasteiger partial charge in [0.15, 0.2) is 0 Å². The molecule has 0 radical (unpaired) electrons. The maximum Gasteiger partial charge on any atom is 0.113 e. The van der Waals surface area contributed by atoms with Gasteiger partial charge in [0.1, 0.15) is 5.52 Å². The van der Waals surface area contributed by atoms with Crippen LogP contribution in [0.25, 0.3) is 11.0 Å². The monoisotopic (exact) mass is 205 g/mol. The Balaban J connectivity index is 2.22. The zero-order valence-electron chi connectivity index (χ0n) is 9.51. The molecule has 0 saturated carbocycles. The third-order valence-electron chi connectivity index (χ3n) is 2.40. The summed E-state index contributed by atoms with van der Waals surface area (Å²) in [5, 5.41) is 8.28. The zero-order chi connectivity index (χ0) is 10.9. The van der Waals surface area contributed by atoms with Crippen molar-refractivity contribution < 1.29 is 4.48 Å². The molecule has 0 bridgehead atoms. The Morgan fingerprint density at radius 2 is 1.93 bits per heavy atom. The Kier molecular flexibility index (Phi) is 2.44. The largest absolute Gasteiger partial charge is 0.329 e. The Morgan fingerprint density at radius 1 is 1.20 bits per heavy atom. The van der Waals surface area contributed by atoms with Crippen LogP contribution in [0.4, 0.5) is 0 Å². The second-order valence-corrected chi connectivity index (χ2v) is 4.82.